The Bertz CT molecular complexity index is 1300. The van der Waals surface area contributed by atoms with Crippen molar-refractivity contribution in [2.45, 2.75) is 38.1 Å². The molecule has 1 atom stereocenters. The molecule has 0 bridgehead atoms. The average molecular weight is 614 g/mol. The molecule has 0 unspecified atom stereocenters. The van der Waals surface area contributed by atoms with Crippen LogP contribution in [0.25, 0.3) is 0 Å². The monoisotopic (exact) mass is 613 g/mol. The zero-order chi connectivity index (χ0) is 31.4. The van der Waals surface area contributed by atoms with Crippen LogP contribution in [0.5, 0.6) is 11.5 Å². The van der Waals surface area contributed by atoms with Crippen LogP contribution in [0.1, 0.15) is 40.9 Å². The zero-order valence-electron chi connectivity index (χ0n) is 25.3. The van der Waals surface area contributed by atoms with Gasteiger partial charge in [0, 0.05) is 12.8 Å². The van der Waals surface area contributed by atoms with Crippen LogP contribution >= 0.6 is 11.6 Å². The Kier molecular flexibility index (Phi) is 12.4. The van der Waals surface area contributed by atoms with Gasteiger partial charge in [-0.3, -0.25) is 9.59 Å². The van der Waals surface area contributed by atoms with Crippen LogP contribution in [-0.4, -0.2) is 80.4 Å². The number of halogens is 1. The predicted octanol–water partition coefficient (Wildman–Crippen LogP) is 3.69. The van der Waals surface area contributed by atoms with Crippen molar-refractivity contribution in [1.29, 1.82) is 0 Å². The number of ether oxygens (including phenoxy) is 3. The Balaban J connectivity index is 1.77. The number of nitrogens with one attached hydrogen (secondary N) is 1. The number of nitrogens with zero attached hydrogens (tertiary/aromatic N) is 3. The molecular formula is C31H42ClN6O5+. The number of benzene rings is 2. The standard InChI is InChI=1S/C31H41ClN6O5/c1-38(17-5-7-21-9-13-24(41-2)14-10-21,18-6-8-22-11-15-25(42-3)16-12-22)20-23(19-26(39)43-4)35-31(40)27-29(33)37-30(34)28(32)36-27/h9-16,23H,5-8,17-20H2,1-4H3,(H4-,33,34,35,37,40)/p+1/t23-/m0/s1. The zero-order valence-corrected chi connectivity index (χ0v) is 26.0. The number of esters is 1. The van der Waals surface area contributed by atoms with Gasteiger partial charge in [0.2, 0.25) is 0 Å². The molecule has 3 rings (SSSR count). The fourth-order valence-electron chi connectivity index (χ4n) is 5.05. The SMILES string of the molecule is COC(=O)C[C@@H](C[N+](C)(CCCc1ccc(OC)cc1)CCCc1ccc(OC)cc1)NC(=O)c1nc(Cl)c(N)nc1N. The van der Waals surface area contributed by atoms with E-state index in [9.17, 15) is 9.59 Å². The Labute approximate surface area is 258 Å². The first-order valence-corrected chi connectivity index (χ1v) is 14.5. The molecule has 0 aliphatic heterocycles. The number of quaternary nitrogens is 1. The Morgan fingerprint density at radius 2 is 1.37 bits per heavy atom. The van der Waals surface area contributed by atoms with E-state index in [0.29, 0.717) is 11.0 Å². The van der Waals surface area contributed by atoms with Gasteiger partial charge in [-0.2, -0.15) is 0 Å². The van der Waals surface area contributed by atoms with Crippen molar-refractivity contribution in [3.05, 3.63) is 70.5 Å². The minimum absolute atomic E-state index is 0.0247. The minimum atomic E-state index is -0.594. The summed E-state index contributed by atoms with van der Waals surface area (Å²) in [5.41, 5.74) is 13.9. The van der Waals surface area contributed by atoms with Crippen molar-refractivity contribution in [3.63, 3.8) is 0 Å². The fraction of sp³-hybridized carbons (Fsp3) is 0.419. The van der Waals surface area contributed by atoms with Crippen molar-refractivity contribution >= 4 is 35.1 Å². The van der Waals surface area contributed by atoms with Crippen LogP contribution in [0.4, 0.5) is 11.6 Å². The summed E-state index contributed by atoms with van der Waals surface area (Å²) in [6, 6.07) is 15.5. The van der Waals surface area contributed by atoms with Crippen LogP contribution < -0.4 is 26.3 Å². The van der Waals surface area contributed by atoms with E-state index >= 15 is 0 Å². The summed E-state index contributed by atoms with van der Waals surface area (Å²) < 4.78 is 16.1. The van der Waals surface area contributed by atoms with E-state index in [0.717, 1.165) is 50.3 Å². The van der Waals surface area contributed by atoms with Gasteiger partial charge in [0.25, 0.3) is 5.91 Å². The second-order valence-electron chi connectivity index (χ2n) is 10.7. The normalized spacial score (nSPS) is 11.9. The quantitative estimate of drug-likeness (QED) is 0.162. The van der Waals surface area contributed by atoms with Crippen molar-refractivity contribution < 1.29 is 28.3 Å². The van der Waals surface area contributed by atoms with Gasteiger partial charge < -0.3 is 35.5 Å². The molecule has 43 heavy (non-hydrogen) atoms. The second-order valence-corrected chi connectivity index (χ2v) is 11.1. The highest BCUT2D eigenvalue weighted by molar-refractivity contribution is 6.31. The third kappa shape index (κ3) is 10.3. The fourth-order valence-corrected chi connectivity index (χ4v) is 5.18. The van der Waals surface area contributed by atoms with E-state index in [1.54, 1.807) is 14.2 Å². The maximum Gasteiger partial charge on any atom is 0.307 e. The lowest BCUT2D eigenvalue weighted by molar-refractivity contribution is -0.911. The Morgan fingerprint density at radius 3 is 1.84 bits per heavy atom. The summed E-state index contributed by atoms with van der Waals surface area (Å²) in [5, 5.41) is 2.79. The van der Waals surface area contributed by atoms with Crippen LogP contribution in [0.15, 0.2) is 48.5 Å². The number of methoxy groups -OCH3 is 3. The summed E-state index contributed by atoms with van der Waals surface area (Å²) in [5.74, 6) is 0.382. The number of hydrogen-bond acceptors (Lipinski definition) is 9. The van der Waals surface area contributed by atoms with Crippen molar-refractivity contribution in [2.24, 2.45) is 0 Å². The maximum atomic E-state index is 13.2. The van der Waals surface area contributed by atoms with Crippen molar-refractivity contribution in [3.8, 4) is 11.5 Å². The lowest BCUT2D eigenvalue weighted by atomic mass is 10.1. The van der Waals surface area contributed by atoms with E-state index in [1.165, 1.54) is 18.2 Å². The summed E-state index contributed by atoms with van der Waals surface area (Å²) in [7, 11) is 6.77. The van der Waals surface area contributed by atoms with Gasteiger partial charge in [0.15, 0.2) is 22.5 Å². The third-order valence-corrected chi connectivity index (χ3v) is 7.68. The number of amides is 1. The molecular weight excluding hydrogens is 572 g/mol. The molecule has 5 N–H and O–H groups in total. The van der Waals surface area contributed by atoms with Gasteiger partial charge in [0.05, 0.1) is 60.5 Å². The van der Waals surface area contributed by atoms with Gasteiger partial charge in [0.1, 0.15) is 11.5 Å². The molecule has 1 aromatic heterocycles. The molecule has 2 aromatic carbocycles. The molecule has 3 aromatic rings. The summed E-state index contributed by atoms with van der Waals surface area (Å²) >= 11 is 6.00. The van der Waals surface area contributed by atoms with E-state index in [-0.39, 0.29) is 28.9 Å². The highest BCUT2D eigenvalue weighted by Crippen LogP contribution is 2.20. The number of hydrogen-bond donors (Lipinski definition) is 3. The van der Waals surface area contributed by atoms with Gasteiger partial charge in [-0.1, -0.05) is 35.9 Å². The van der Waals surface area contributed by atoms with Gasteiger partial charge in [-0.15, -0.1) is 0 Å². The van der Waals surface area contributed by atoms with E-state index in [4.69, 9.17) is 37.3 Å². The second kappa shape index (κ2) is 15.9. The average Bonchev–Trinajstić information content (AvgIpc) is 2.99. The third-order valence-electron chi connectivity index (χ3n) is 7.40. The lowest BCUT2D eigenvalue weighted by Crippen LogP contribution is -2.55. The first kappa shape index (κ1) is 33.4. The van der Waals surface area contributed by atoms with Crippen LogP contribution in [0.2, 0.25) is 5.15 Å². The summed E-state index contributed by atoms with van der Waals surface area (Å²) in [4.78, 5) is 33.5. The highest BCUT2D eigenvalue weighted by atomic mass is 35.5. The molecule has 11 nitrogen and oxygen atoms in total. The lowest BCUT2D eigenvalue weighted by Gasteiger charge is -2.38. The summed E-state index contributed by atoms with van der Waals surface area (Å²) in [6.45, 7) is 2.11. The Morgan fingerprint density at radius 1 is 0.860 bits per heavy atom. The van der Waals surface area contributed by atoms with Crippen LogP contribution in [0.3, 0.4) is 0 Å². The first-order chi connectivity index (χ1) is 20.6. The highest BCUT2D eigenvalue weighted by Gasteiger charge is 2.30. The molecule has 0 fully saturated rings. The smallest absolute Gasteiger partial charge is 0.307 e. The molecule has 1 amide bonds. The number of rotatable bonds is 16. The van der Waals surface area contributed by atoms with E-state index in [2.05, 4.69) is 46.6 Å². The molecule has 0 spiro atoms. The topological polar surface area (TPSA) is 152 Å². The summed E-state index contributed by atoms with van der Waals surface area (Å²) in [6.07, 6.45) is 3.52. The largest absolute Gasteiger partial charge is 0.497 e. The van der Waals surface area contributed by atoms with Crippen LogP contribution in [0, 0.1) is 0 Å². The van der Waals surface area contributed by atoms with Crippen molar-refractivity contribution in [2.75, 3.05) is 59.5 Å². The number of anilines is 2. The molecule has 0 saturated carbocycles. The number of aryl methyl sites for hydroxylation is 2. The minimum Gasteiger partial charge on any atom is -0.497 e. The van der Waals surface area contributed by atoms with Gasteiger partial charge in [-0.05, 0) is 48.2 Å². The number of nitrogen functional groups attached to an aromatic ring is 2. The molecule has 1 heterocycles. The molecule has 0 aliphatic rings. The maximum absolute atomic E-state index is 13.2. The molecule has 0 aliphatic carbocycles. The Hall–Kier alpha value is -4.09. The number of carbonyl (C=O) groups excluding carboxylic acids is 2. The van der Waals surface area contributed by atoms with Gasteiger partial charge in [-0.25, -0.2) is 9.97 Å². The molecule has 12 heteroatoms. The number of likely N-dealkylation sites (N-methyl/N-ethyl adjacent to an activating group) is 1. The predicted molar refractivity (Wildman–Crippen MR) is 167 cm³/mol. The molecule has 232 valence electrons. The van der Waals surface area contributed by atoms with E-state index < -0.39 is 17.9 Å². The number of aromatic nitrogens is 2. The molecule has 0 radical (unpaired) electrons. The van der Waals surface area contributed by atoms with Gasteiger partial charge >= 0.3 is 5.97 Å². The van der Waals surface area contributed by atoms with Crippen LogP contribution in [-0.2, 0) is 22.4 Å². The van der Waals surface area contributed by atoms with E-state index in [1.807, 2.05) is 24.3 Å². The molecule has 0 saturated heterocycles. The first-order valence-electron chi connectivity index (χ1n) is 14.1. The van der Waals surface area contributed by atoms with Crippen molar-refractivity contribution in [1.82, 2.24) is 15.3 Å². The number of nitrogens with two attached hydrogens (primary N) is 2. The number of carbonyl (C=O) groups is 2.